The van der Waals surface area contributed by atoms with Gasteiger partial charge in [-0.3, -0.25) is 0 Å². The molecule has 29 heavy (non-hydrogen) atoms. The molecular weight excluding hydrogens is 413 g/mol. The van der Waals surface area contributed by atoms with Gasteiger partial charge in [-0.05, 0) is 57.3 Å². The minimum Gasteiger partial charge on any atom is -0.464 e. The van der Waals surface area contributed by atoms with Crippen molar-refractivity contribution >= 4 is 31.1 Å². The van der Waals surface area contributed by atoms with Crippen LogP contribution in [0.4, 0.5) is 0 Å². The van der Waals surface area contributed by atoms with Crippen molar-refractivity contribution in [2.75, 3.05) is 6.61 Å². The number of ether oxygens (including phenoxy) is 2. The maximum absolute atomic E-state index is 14.1. The fraction of sp³-hybridized carbons (Fsp3) is 0.300. The third kappa shape index (κ3) is 4.54. The van der Waals surface area contributed by atoms with Crippen LogP contribution in [-0.2, 0) is 18.8 Å². The summed E-state index contributed by atoms with van der Waals surface area (Å²) in [4.78, 5) is 12.7. The van der Waals surface area contributed by atoms with Crippen molar-refractivity contribution in [2.45, 2.75) is 32.4 Å². The molecule has 1 atom stereocenters. The monoisotopic (exact) mass is 435 g/mol. The highest BCUT2D eigenvalue weighted by Gasteiger charge is 2.60. The first kappa shape index (κ1) is 21.1. The molecule has 1 aliphatic heterocycles. The number of nitrogens with zero attached hydrogens (tertiary/aromatic N) is 1. The van der Waals surface area contributed by atoms with E-state index in [-0.39, 0.29) is 11.8 Å². The van der Waals surface area contributed by atoms with Gasteiger partial charge < -0.3 is 18.5 Å². The lowest BCUT2D eigenvalue weighted by Crippen LogP contribution is -2.48. The summed E-state index contributed by atoms with van der Waals surface area (Å²) in [5.74, 6) is -0.0466. The molecule has 0 radical (unpaired) electrons. The smallest absolute Gasteiger partial charge is 0.464 e. The van der Waals surface area contributed by atoms with Crippen molar-refractivity contribution in [3.05, 3.63) is 60.7 Å². The lowest BCUT2D eigenvalue weighted by Gasteiger charge is -2.31. The van der Waals surface area contributed by atoms with Crippen molar-refractivity contribution in [3.63, 3.8) is 0 Å². The molecule has 2 aromatic carbocycles. The maximum Gasteiger partial charge on any atom is 0.548 e. The Morgan fingerprint density at radius 1 is 1.07 bits per heavy atom. The zero-order valence-electron chi connectivity index (χ0n) is 16.3. The van der Waals surface area contributed by atoms with Gasteiger partial charge in [0, 0.05) is 0 Å². The van der Waals surface area contributed by atoms with E-state index in [1.807, 2.05) is 0 Å². The summed E-state index contributed by atoms with van der Waals surface area (Å²) < 4.78 is 37.6. The molecule has 0 N–H and O–H groups in total. The molecule has 3 rings (SSSR count). The summed E-state index contributed by atoms with van der Waals surface area (Å²) >= 11 is 5.31. The maximum atomic E-state index is 14.1. The van der Waals surface area contributed by atoms with Gasteiger partial charge >= 0.3 is 13.7 Å². The van der Waals surface area contributed by atoms with Gasteiger partial charge in [0.05, 0.1) is 6.61 Å². The molecular formula is C20H22NO6PS. The minimum absolute atomic E-state index is 0.148. The first-order valence-electron chi connectivity index (χ1n) is 9.05. The highest BCUT2D eigenvalue weighted by atomic mass is 32.1. The molecule has 0 aromatic heterocycles. The van der Waals surface area contributed by atoms with Crippen LogP contribution in [0.3, 0.4) is 0 Å². The lowest BCUT2D eigenvalue weighted by atomic mass is 10.0. The molecule has 2 aromatic rings. The van der Waals surface area contributed by atoms with Gasteiger partial charge in [0.1, 0.15) is 17.1 Å². The van der Waals surface area contributed by atoms with Crippen molar-refractivity contribution < 1.29 is 27.9 Å². The van der Waals surface area contributed by atoms with Crippen LogP contribution >= 0.6 is 20.0 Å². The van der Waals surface area contributed by atoms with E-state index in [2.05, 4.69) is 0 Å². The van der Waals surface area contributed by atoms with E-state index in [0.29, 0.717) is 11.5 Å². The summed E-state index contributed by atoms with van der Waals surface area (Å²) in [7, 11) is -4.21. The van der Waals surface area contributed by atoms with Gasteiger partial charge in [-0.2, -0.15) is 0 Å². The topological polar surface area (TPSA) is 74.3 Å². The number of esters is 1. The zero-order chi connectivity index (χ0) is 21.1. The van der Waals surface area contributed by atoms with E-state index < -0.39 is 25.4 Å². The van der Waals surface area contributed by atoms with Crippen LogP contribution in [0.25, 0.3) is 0 Å². The lowest BCUT2D eigenvalue weighted by molar-refractivity contribution is -0.150. The molecule has 1 aliphatic rings. The second-order valence-corrected chi connectivity index (χ2v) is 8.83. The standard InChI is InChI=1S/C20H22NO6PS/c1-4-24-18(22)17-20(2,3)25-19(29)21(17)28(23,26-15-11-7-5-8-12-15)27-16-13-9-6-10-14-16/h5-14,17H,4H2,1-3H3. The summed E-state index contributed by atoms with van der Waals surface area (Å²) in [5.41, 5.74) is -1.10. The van der Waals surface area contributed by atoms with Crippen LogP contribution in [0.15, 0.2) is 60.7 Å². The van der Waals surface area contributed by atoms with E-state index in [1.54, 1.807) is 81.4 Å². The van der Waals surface area contributed by atoms with E-state index in [0.717, 1.165) is 4.67 Å². The molecule has 1 heterocycles. The number of rotatable bonds is 7. The van der Waals surface area contributed by atoms with Gasteiger partial charge in [-0.25, -0.2) is 14.0 Å². The zero-order valence-corrected chi connectivity index (χ0v) is 18.0. The Hall–Kier alpha value is -2.57. The van der Waals surface area contributed by atoms with Gasteiger partial charge in [-0.1, -0.05) is 36.4 Å². The molecule has 1 unspecified atom stereocenters. The van der Waals surface area contributed by atoms with Crippen molar-refractivity contribution in [1.29, 1.82) is 0 Å². The van der Waals surface area contributed by atoms with Crippen molar-refractivity contribution in [3.8, 4) is 11.5 Å². The SMILES string of the molecule is CCOC(=O)C1N(P(=O)(Oc2ccccc2)Oc2ccccc2)C(=S)OC1(C)C. The summed E-state index contributed by atoms with van der Waals surface area (Å²) in [6.07, 6.45) is 0. The van der Waals surface area contributed by atoms with E-state index >= 15 is 0 Å². The van der Waals surface area contributed by atoms with E-state index in [9.17, 15) is 9.36 Å². The second kappa shape index (κ2) is 8.43. The number of benzene rings is 2. The van der Waals surface area contributed by atoms with Crippen LogP contribution in [-0.4, -0.2) is 34.1 Å². The average Bonchev–Trinajstić information content (AvgIpc) is 2.92. The average molecular weight is 435 g/mol. The number of hydrogen-bond donors (Lipinski definition) is 0. The van der Waals surface area contributed by atoms with Crippen LogP contribution in [0, 0.1) is 0 Å². The molecule has 1 fully saturated rings. The normalized spacial score (nSPS) is 18.1. The summed E-state index contributed by atoms with van der Waals surface area (Å²) in [6.45, 7) is 5.16. The van der Waals surface area contributed by atoms with E-state index in [4.69, 9.17) is 30.7 Å². The van der Waals surface area contributed by atoms with Crippen molar-refractivity contribution in [2.24, 2.45) is 0 Å². The summed E-state index contributed by atoms with van der Waals surface area (Å²) in [5, 5.41) is -0.164. The van der Waals surface area contributed by atoms with Crippen LogP contribution < -0.4 is 9.05 Å². The third-order valence-electron chi connectivity index (χ3n) is 4.14. The van der Waals surface area contributed by atoms with E-state index in [1.165, 1.54) is 0 Å². The highest BCUT2D eigenvalue weighted by molar-refractivity contribution is 7.80. The third-order valence-corrected chi connectivity index (χ3v) is 6.38. The Kier molecular flexibility index (Phi) is 6.15. The Morgan fingerprint density at radius 2 is 1.55 bits per heavy atom. The number of hydrogen-bond acceptors (Lipinski definition) is 7. The van der Waals surface area contributed by atoms with Crippen LogP contribution in [0.2, 0.25) is 0 Å². The molecule has 0 amide bonds. The second-order valence-electron chi connectivity index (χ2n) is 6.75. The molecule has 0 bridgehead atoms. The molecule has 0 spiro atoms. The first-order chi connectivity index (χ1) is 13.8. The van der Waals surface area contributed by atoms with Gasteiger partial charge in [0.25, 0.3) is 5.17 Å². The Bertz CT molecular complexity index is 876. The molecule has 0 saturated carbocycles. The number of carbonyl (C=O) groups is 1. The Morgan fingerprint density at radius 3 is 2.00 bits per heavy atom. The fourth-order valence-corrected chi connectivity index (χ4v) is 5.42. The predicted octanol–water partition coefficient (Wildman–Crippen LogP) is 4.58. The number of carbonyl (C=O) groups excluding carboxylic acids is 1. The molecule has 1 saturated heterocycles. The predicted molar refractivity (Wildman–Crippen MR) is 112 cm³/mol. The van der Waals surface area contributed by atoms with Crippen molar-refractivity contribution in [1.82, 2.24) is 4.67 Å². The molecule has 9 heteroatoms. The Labute approximate surface area is 175 Å². The largest absolute Gasteiger partial charge is 0.548 e. The highest BCUT2D eigenvalue weighted by Crippen LogP contribution is 2.57. The van der Waals surface area contributed by atoms with Crippen LogP contribution in [0.1, 0.15) is 20.8 Å². The molecule has 154 valence electrons. The number of thiocarbonyl (C=S) groups is 1. The number of para-hydroxylation sites is 2. The first-order valence-corrected chi connectivity index (χ1v) is 11.0. The van der Waals surface area contributed by atoms with Gasteiger partial charge in [0.2, 0.25) is 0 Å². The van der Waals surface area contributed by atoms with Crippen LogP contribution in [0.5, 0.6) is 11.5 Å². The van der Waals surface area contributed by atoms with Gasteiger partial charge in [-0.15, -0.1) is 0 Å². The summed E-state index contributed by atoms with van der Waals surface area (Å²) in [6, 6.07) is 15.9. The molecule has 0 aliphatic carbocycles. The van der Waals surface area contributed by atoms with Gasteiger partial charge in [0.15, 0.2) is 6.04 Å². The minimum atomic E-state index is -4.21. The Balaban J connectivity index is 2.06. The molecule has 7 nitrogen and oxygen atoms in total. The fourth-order valence-electron chi connectivity index (χ4n) is 2.91. The quantitative estimate of drug-likeness (QED) is 0.356.